The summed E-state index contributed by atoms with van der Waals surface area (Å²) in [5.41, 5.74) is 1.84. The molecule has 10 heteroatoms. The highest BCUT2D eigenvalue weighted by atomic mass is 127. The maximum Gasteiger partial charge on any atom is 0.191 e. The zero-order valence-electron chi connectivity index (χ0n) is 16.8. The van der Waals surface area contributed by atoms with Crippen LogP contribution < -0.4 is 20.7 Å². The van der Waals surface area contributed by atoms with Gasteiger partial charge in [0.25, 0.3) is 0 Å². The first-order chi connectivity index (χ1) is 13.7. The molecule has 3 rings (SSSR count). The van der Waals surface area contributed by atoms with Crippen LogP contribution >= 0.6 is 24.0 Å². The number of aromatic nitrogens is 4. The van der Waals surface area contributed by atoms with E-state index < -0.39 is 0 Å². The third kappa shape index (κ3) is 5.92. The van der Waals surface area contributed by atoms with Crippen molar-refractivity contribution in [1.82, 2.24) is 30.4 Å². The standard InChI is InChI=1S/C19H26N8O.HI/c1-4-20-19(23-11-14-7-5-6-8-16(14)28-3)22-10-9-21-17-15-12-26-27(2)18(15)25-13-24-17;/h5-8,12-13H,4,9-11H2,1-3H3,(H2,20,22,23)(H,21,24,25);1H. The van der Waals surface area contributed by atoms with Crippen molar-refractivity contribution < 1.29 is 4.74 Å². The Bertz CT molecular complexity index is 943. The molecule has 3 aromatic rings. The number of fused-ring (bicyclic) bond motifs is 1. The predicted octanol–water partition coefficient (Wildman–Crippen LogP) is 2.16. The van der Waals surface area contributed by atoms with Crippen molar-refractivity contribution in [1.29, 1.82) is 0 Å². The summed E-state index contributed by atoms with van der Waals surface area (Å²) in [5.74, 6) is 2.37. The molecule has 0 radical (unpaired) electrons. The zero-order valence-corrected chi connectivity index (χ0v) is 19.2. The van der Waals surface area contributed by atoms with E-state index >= 15 is 0 Å². The van der Waals surface area contributed by atoms with E-state index in [1.807, 2.05) is 38.2 Å². The molecule has 0 aliphatic heterocycles. The molecule has 0 aliphatic carbocycles. The van der Waals surface area contributed by atoms with Crippen molar-refractivity contribution in [2.75, 3.05) is 32.1 Å². The summed E-state index contributed by atoms with van der Waals surface area (Å²) in [7, 11) is 3.53. The van der Waals surface area contributed by atoms with E-state index in [1.54, 1.807) is 24.3 Å². The van der Waals surface area contributed by atoms with Gasteiger partial charge < -0.3 is 20.7 Å². The number of aryl methyl sites for hydroxylation is 1. The molecule has 0 aliphatic rings. The highest BCUT2D eigenvalue weighted by molar-refractivity contribution is 14.0. The molecule has 156 valence electrons. The van der Waals surface area contributed by atoms with Gasteiger partial charge in [0.15, 0.2) is 11.6 Å². The Labute approximate surface area is 187 Å². The molecule has 0 saturated carbocycles. The number of nitrogens with one attached hydrogen (secondary N) is 3. The SMILES string of the molecule is CCNC(=NCc1ccccc1OC)NCCNc1ncnc2c1cnn2C.I. The molecule has 2 heterocycles. The van der Waals surface area contributed by atoms with Crippen LogP contribution in [0.15, 0.2) is 41.8 Å². The molecule has 0 spiro atoms. The van der Waals surface area contributed by atoms with Crippen molar-refractivity contribution in [3.05, 3.63) is 42.4 Å². The smallest absolute Gasteiger partial charge is 0.191 e. The lowest BCUT2D eigenvalue weighted by atomic mass is 10.2. The summed E-state index contributed by atoms with van der Waals surface area (Å²) in [6, 6.07) is 7.89. The fourth-order valence-electron chi connectivity index (χ4n) is 2.80. The molecule has 0 amide bonds. The minimum atomic E-state index is 0. The number of para-hydroxylation sites is 1. The number of halogens is 1. The summed E-state index contributed by atoms with van der Waals surface area (Å²) >= 11 is 0. The van der Waals surface area contributed by atoms with E-state index in [1.165, 1.54) is 0 Å². The van der Waals surface area contributed by atoms with Crippen molar-refractivity contribution in [2.45, 2.75) is 13.5 Å². The fraction of sp³-hybridized carbons (Fsp3) is 0.368. The summed E-state index contributed by atoms with van der Waals surface area (Å²) in [4.78, 5) is 13.2. The molecule has 1 aromatic carbocycles. The Hall–Kier alpha value is -2.63. The number of guanidine groups is 1. The average Bonchev–Trinajstić information content (AvgIpc) is 3.11. The maximum atomic E-state index is 5.38. The molecule has 0 saturated heterocycles. The van der Waals surface area contributed by atoms with Gasteiger partial charge >= 0.3 is 0 Å². The second kappa shape index (κ2) is 11.4. The Morgan fingerprint density at radius 2 is 2.00 bits per heavy atom. The number of benzene rings is 1. The van der Waals surface area contributed by atoms with Crippen molar-refractivity contribution in [3.63, 3.8) is 0 Å². The maximum absolute atomic E-state index is 5.38. The van der Waals surface area contributed by atoms with Gasteiger partial charge in [-0.1, -0.05) is 18.2 Å². The number of methoxy groups -OCH3 is 1. The van der Waals surface area contributed by atoms with Gasteiger partial charge in [0.1, 0.15) is 17.9 Å². The van der Waals surface area contributed by atoms with Crippen molar-refractivity contribution in [3.8, 4) is 5.75 Å². The van der Waals surface area contributed by atoms with Crippen LogP contribution in [0.2, 0.25) is 0 Å². The third-order valence-corrected chi connectivity index (χ3v) is 4.18. The third-order valence-electron chi connectivity index (χ3n) is 4.18. The van der Waals surface area contributed by atoms with Gasteiger partial charge in [-0.25, -0.2) is 15.0 Å². The van der Waals surface area contributed by atoms with E-state index in [-0.39, 0.29) is 24.0 Å². The highest BCUT2D eigenvalue weighted by Gasteiger charge is 2.07. The summed E-state index contributed by atoms with van der Waals surface area (Å²) < 4.78 is 7.11. The Morgan fingerprint density at radius 1 is 1.17 bits per heavy atom. The van der Waals surface area contributed by atoms with E-state index in [0.29, 0.717) is 19.6 Å². The van der Waals surface area contributed by atoms with E-state index in [0.717, 1.165) is 40.7 Å². The van der Waals surface area contributed by atoms with Crippen molar-refractivity contribution in [2.24, 2.45) is 12.0 Å². The molecule has 29 heavy (non-hydrogen) atoms. The van der Waals surface area contributed by atoms with Crippen LogP contribution in [0.5, 0.6) is 5.75 Å². The van der Waals surface area contributed by atoms with Gasteiger partial charge in [-0.2, -0.15) is 5.10 Å². The van der Waals surface area contributed by atoms with Crippen LogP contribution in [0.1, 0.15) is 12.5 Å². The summed E-state index contributed by atoms with van der Waals surface area (Å²) in [6.07, 6.45) is 3.31. The largest absolute Gasteiger partial charge is 0.496 e. The Balaban J connectivity index is 0.00000300. The van der Waals surface area contributed by atoms with Crippen LogP contribution in [0.3, 0.4) is 0 Å². The second-order valence-electron chi connectivity index (χ2n) is 6.09. The van der Waals surface area contributed by atoms with Crippen LogP contribution in [0.4, 0.5) is 5.82 Å². The normalized spacial score (nSPS) is 11.1. The lowest BCUT2D eigenvalue weighted by molar-refractivity contribution is 0.410. The molecule has 2 aromatic heterocycles. The quantitative estimate of drug-likeness (QED) is 0.185. The Morgan fingerprint density at radius 3 is 2.79 bits per heavy atom. The topological polar surface area (TPSA) is 101 Å². The molecule has 0 fully saturated rings. The number of ether oxygens (including phenoxy) is 1. The van der Waals surface area contributed by atoms with E-state index in [9.17, 15) is 0 Å². The number of hydrogen-bond acceptors (Lipinski definition) is 6. The molecule has 9 nitrogen and oxygen atoms in total. The monoisotopic (exact) mass is 510 g/mol. The lowest BCUT2D eigenvalue weighted by Gasteiger charge is -2.13. The number of aliphatic imine (C=N–C) groups is 1. The first kappa shape index (κ1) is 22.7. The van der Waals surface area contributed by atoms with Crippen LogP contribution in [-0.4, -0.2) is 52.5 Å². The Kier molecular flexibility index (Phi) is 8.90. The number of rotatable bonds is 8. The number of anilines is 1. The summed E-state index contributed by atoms with van der Waals surface area (Å²) in [6.45, 7) is 4.73. The van der Waals surface area contributed by atoms with Gasteiger partial charge in [0.2, 0.25) is 0 Å². The molecule has 3 N–H and O–H groups in total. The number of hydrogen-bond donors (Lipinski definition) is 3. The van der Waals surface area contributed by atoms with Crippen LogP contribution in [0.25, 0.3) is 11.0 Å². The second-order valence-corrected chi connectivity index (χ2v) is 6.09. The molecular weight excluding hydrogens is 483 g/mol. The highest BCUT2D eigenvalue weighted by Crippen LogP contribution is 2.18. The van der Waals surface area contributed by atoms with E-state index in [4.69, 9.17) is 4.74 Å². The van der Waals surface area contributed by atoms with Crippen molar-refractivity contribution >= 4 is 46.8 Å². The predicted molar refractivity (Wildman–Crippen MR) is 126 cm³/mol. The molecule has 0 bridgehead atoms. The molecule has 0 unspecified atom stereocenters. The van der Waals surface area contributed by atoms with Gasteiger partial charge in [0, 0.05) is 32.2 Å². The fourth-order valence-corrected chi connectivity index (χ4v) is 2.80. The van der Waals surface area contributed by atoms with Crippen LogP contribution in [0, 0.1) is 0 Å². The average molecular weight is 510 g/mol. The van der Waals surface area contributed by atoms with Gasteiger partial charge in [0.05, 0.1) is 25.2 Å². The van der Waals surface area contributed by atoms with Crippen LogP contribution in [-0.2, 0) is 13.6 Å². The van der Waals surface area contributed by atoms with Gasteiger partial charge in [-0.15, -0.1) is 24.0 Å². The minimum absolute atomic E-state index is 0. The molecular formula is C19H27IN8O. The first-order valence-corrected chi connectivity index (χ1v) is 9.23. The first-order valence-electron chi connectivity index (χ1n) is 9.23. The molecule has 0 atom stereocenters. The van der Waals surface area contributed by atoms with Gasteiger partial charge in [-0.05, 0) is 13.0 Å². The number of nitrogens with zero attached hydrogens (tertiary/aromatic N) is 5. The lowest BCUT2D eigenvalue weighted by Crippen LogP contribution is -2.39. The minimum Gasteiger partial charge on any atom is -0.496 e. The zero-order chi connectivity index (χ0) is 19.8. The summed E-state index contributed by atoms with van der Waals surface area (Å²) in [5, 5.41) is 15.0. The van der Waals surface area contributed by atoms with E-state index in [2.05, 4.69) is 36.0 Å². The van der Waals surface area contributed by atoms with Gasteiger partial charge in [-0.3, -0.25) is 4.68 Å².